The number of anilines is 2. The van der Waals surface area contributed by atoms with E-state index in [1.165, 1.54) is 0 Å². The Morgan fingerprint density at radius 3 is 2.79 bits per heavy atom. The molecule has 5 heteroatoms. The minimum atomic E-state index is 0.415. The molecule has 0 radical (unpaired) electrons. The van der Waals surface area contributed by atoms with Crippen molar-refractivity contribution in [2.75, 3.05) is 5.32 Å². The fourth-order valence-electron chi connectivity index (χ4n) is 0.981. The van der Waals surface area contributed by atoms with E-state index in [1.54, 1.807) is 30.9 Å². The highest BCUT2D eigenvalue weighted by molar-refractivity contribution is 6.32. The van der Waals surface area contributed by atoms with E-state index >= 15 is 0 Å². The molecule has 0 fully saturated rings. The van der Waals surface area contributed by atoms with E-state index in [0.717, 1.165) is 5.69 Å². The Hall–Kier alpha value is -1.68. The molecular weight excluding hydrogens is 200 g/mol. The van der Waals surface area contributed by atoms with E-state index in [0.29, 0.717) is 11.0 Å². The molecule has 70 valence electrons. The molecule has 0 spiro atoms. The Kier molecular flexibility index (Phi) is 2.55. The molecule has 0 bridgehead atoms. The van der Waals surface area contributed by atoms with Gasteiger partial charge in [-0.1, -0.05) is 11.6 Å². The molecule has 2 rings (SSSR count). The molecule has 0 aliphatic heterocycles. The molecule has 2 aromatic rings. The van der Waals surface area contributed by atoms with E-state index in [2.05, 4.69) is 20.3 Å². The Morgan fingerprint density at radius 1 is 1.14 bits per heavy atom. The van der Waals surface area contributed by atoms with E-state index in [-0.39, 0.29) is 0 Å². The van der Waals surface area contributed by atoms with Crippen LogP contribution in [0, 0.1) is 0 Å². The van der Waals surface area contributed by atoms with Gasteiger partial charge < -0.3 is 5.32 Å². The largest absolute Gasteiger partial charge is 0.336 e. The fraction of sp³-hybridized carbons (Fsp3) is 0. The van der Waals surface area contributed by atoms with Gasteiger partial charge in [0.05, 0.1) is 11.9 Å². The highest BCUT2D eigenvalue weighted by Crippen LogP contribution is 2.20. The fourth-order valence-corrected chi connectivity index (χ4v) is 1.15. The van der Waals surface area contributed by atoms with Crippen LogP contribution in [0.2, 0.25) is 5.15 Å². The van der Waals surface area contributed by atoms with E-state index < -0.39 is 0 Å². The summed E-state index contributed by atoms with van der Waals surface area (Å²) in [5.74, 6) is 0.641. The van der Waals surface area contributed by atoms with Gasteiger partial charge in [0.2, 0.25) is 0 Å². The van der Waals surface area contributed by atoms with Crippen molar-refractivity contribution < 1.29 is 0 Å². The van der Waals surface area contributed by atoms with Gasteiger partial charge in [0, 0.05) is 18.6 Å². The maximum absolute atomic E-state index is 5.85. The predicted molar refractivity (Wildman–Crippen MR) is 54.6 cm³/mol. The first-order valence-corrected chi connectivity index (χ1v) is 4.37. The van der Waals surface area contributed by atoms with Crippen molar-refractivity contribution in [3.05, 3.63) is 42.1 Å². The summed E-state index contributed by atoms with van der Waals surface area (Å²) in [6.07, 6.45) is 6.45. The van der Waals surface area contributed by atoms with Crippen molar-refractivity contribution in [2.45, 2.75) is 0 Å². The first kappa shape index (κ1) is 8.90. The number of nitrogens with one attached hydrogen (secondary N) is 1. The first-order chi connectivity index (χ1) is 6.86. The van der Waals surface area contributed by atoms with Gasteiger partial charge in [-0.3, -0.25) is 4.98 Å². The zero-order valence-electron chi connectivity index (χ0n) is 7.18. The monoisotopic (exact) mass is 206 g/mol. The second-order valence-corrected chi connectivity index (χ2v) is 2.92. The summed E-state index contributed by atoms with van der Waals surface area (Å²) in [5.41, 5.74) is 0.717. The van der Waals surface area contributed by atoms with Crippen LogP contribution < -0.4 is 5.32 Å². The van der Waals surface area contributed by atoms with Crippen molar-refractivity contribution in [1.82, 2.24) is 15.0 Å². The van der Waals surface area contributed by atoms with Gasteiger partial charge in [-0.15, -0.1) is 0 Å². The molecule has 0 aliphatic rings. The molecular formula is C9H7ClN4. The highest BCUT2D eigenvalue weighted by atomic mass is 35.5. The van der Waals surface area contributed by atoms with Gasteiger partial charge in [-0.05, 0) is 12.1 Å². The maximum Gasteiger partial charge on any atom is 0.152 e. The van der Waals surface area contributed by atoms with Crippen molar-refractivity contribution in [2.24, 2.45) is 0 Å². The number of pyridine rings is 1. The molecule has 0 saturated carbocycles. The highest BCUT2D eigenvalue weighted by Gasteiger charge is 2.00. The molecule has 0 unspecified atom stereocenters. The van der Waals surface area contributed by atoms with Gasteiger partial charge in [0.15, 0.2) is 5.15 Å². The summed E-state index contributed by atoms with van der Waals surface area (Å²) in [5, 5.41) is 3.42. The van der Waals surface area contributed by atoms with E-state index in [1.807, 2.05) is 6.07 Å². The van der Waals surface area contributed by atoms with Crippen molar-refractivity contribution in [1.29, 1.82) is 0 Å². The third kappa shape index (κ3) is 1.97. The van der Waals surface area contributed by atoms with Crippen molar-refractivity contribution >= 4 is 23.1 Å². The number of halogens is 1. The lowest BCUT2D eigenvalue weighted by Crippen LogP contribution is -1.94. The van der Waals surface area contributed by atoms with Crippen LogP contribution >= 0.6 is 11.6 Å². The summed E-state index contributed by atoms with van der Waals surface area (Å²) in [7, 11) is 0. The number of aromatic nitrogens is 3. The van der Waals surface area contributed by atoms with E-state index in [4.69, 9.17) is 11.6 Å². The average molecular weight is 207 g/mol. The third-order valence-corrected chi connectivity index (χ3v) is 1.89. The van der Waals surface area contributed by atoms with Gasteiger partial charge in [-0.25, -0.2) is 9.97 Å². The molecule has 0 aromatic carbocycles. The second kappa shape index (κ2) is 4.02. The van der Waals surface area contributed by atoms with Crippen molar-refractivity contribution in [3.63, 3.8) is 0 Å². The lowest BCUT2D eigenvalue weighted by atomic mass is 10.4. The molecule has 2 aromatic heterocycles. The zero-order valence-corrected chi connectivity index (χ0v) is 7.94. The standard InChI is InChI=1S/C9H7ClN4/c10-9-7(2-1-3-13-9)14-8-6-11-4-5-12-8/h1-6H,(H,12,14). The van der Waals surface area contributed by atoms with Crippen LogP contribution in [0.15, 0.2) is 36.9 Å². The molecule has 1 N–H and O–H groups in total. The Labute approximate surface area is 86.0 Å². The van der Waals surface area contributed by atoms with E-state index in [9.17, 15) is 0 Å². The second-order valence-electron chi connectivity index (χ2n) is 2.56. The molecule has 0 amide bonds. The molecule has 2 heterocycles. The van der Waals surface area contributed by atoms with Crippen LogP contribution in [-0.2, 0) is 0 Å². The Balaban J connectivity index is 2.24. The summed E-state index contributed by atoms with van der Waals surface area (Å²) in [6, 6.07) is 3.62. The molecule has 0 saturated heterocycles. The number of hydrogen-bond acceptors (Lipinski definition) is 4. The summed E-state index contributed by atoms with van der Waals surface area (Å²) >= 11 is 5.85. The van der Waals surface area contributed by atoms with Crippen LogP contribution in [0.1, 0.15) is 0 Å². The molecule has 0 aliphatic carbocycles. The number of nitrogens with zero attached hydrogens (tertiary/aromatic N) is 3. The summed E-state index contributed by atoms with van der Waals surface area (Å²) < 4.78 is 0. The van der Waals surface area contributed by atoms with Crippen LogP contribution in [0.5, 0.6) is 0 Å². The molecule has 4 nitrogen and oxygen atoms in total. The minimum Gasteiger partial charge on any atom is -0.336 e. The minimum absolute atomic E-state index is 0.415. The van der Waals surface area contributed by atoms with Gasteiger partial charge >= 0.3 is 0 Å². The van der Waals surface area contributed by atoms with Gasteiger partial charge in [0.1, 0.15) is 5.82 Å². The lowest BCUT2D eigenvalue weighted by Gasteiger charge is -2.04. The van der Waals surface area contributed by atoms with Crippen LogP contribution in [0.3, 0.4) is 0 Å². The van der Waals surface area contributed by atoms with Crippen LogP contribution in [0.25, 0.3) is 0 Å². The maximum atomic E-state index is 5.85. The van der Waals surface area contributed by atoms with Crippen molar-refractivity contribution in [3.8, 4) is 0 Å². The van der Waals surface area contributed by atoms with Crippen LogP contribution in [0.4, 0.5) is 11.5 Å². The number of rotatable bonds is 2. The Morgan fingerprint density at radius 2 is 2.07 bits per heavy atom. The smallest absolute Gasteiger partial charge is 0.152 e. The normalized spacial score (nSPS) is 9.79. The Bertz CT molecular complexity index is 418. The summed E-state index contributed by atoms with van der Waals surface area (Å²) in [4.78, 5) is 11.9. The number of hydrogen-bond donors (Lipinski definition) is 1. The van der Waals surface area contributed by atoms with Crippen LogP contribution in [-0.4, -0.2) is 15.0 Å². The summed E-state index contributed by atoms with van der Waals surface area (Å²) in [6.45, 7) is 0. The SMILES string of the molecule is Clc1ncccc1Nc1cnccn1. The zero-order chi connectivity index (χ0) is 9.80. The average Bonchev–Trinajstić information content (AvgIpc) is 2.23. The van der Waals surface area contributed by atoms with Gasteiger partial charge in [-0.2, -0.15) is 0 Å². The first-order valence-electron chi connectivity index (χ1n) is 4.00. The quantitative estimate of drug-likeness (QED) is 0.766. The topological polar surface area (TPSA) is 50.7 Å². The lowest BCUT2D eigenvalue weighted by molar-refractivity contribution is 1.19. The third-order valence-electron chi connectivity index (χ3n) is 1.59. The molecule has 0 atom stereocenters. The predicted octanol–water partition coefficient (Wildman–Crippen LogP) is 2.27. The molecule has 14 heavy (non-hydrogen) atoms. The van der Waals surface area contributed by atoms with Gasteiger partial charge in [0.25, 0.3) is 0 Å².